The molecule has 0 fully saturated rings. The van der Waals surface area contributed by atoms with E-state index in [2.05, 4.69) is 418 Å². The molecule has 0 N–H and O–H groups in total. The summed E-state index contributed by atoms with van der Waals surface area (Å²) in [6.45, 7) is 27.8. The summed E-state index contributed by atoms with van der Waals surface area (Å²) in [5.41, 5.74) is 38.5. The molecule has 0 atom stereocenters. The molecule has 4 nitrogen and oxygen atoms in total. The number of nitrogens with zero attached hydrogens (tertiary/aromatic N) is 4. The standard InChI is InChI=1S/C100H88B2N4/c1-97(2,3)71-52-57-85(77(61-71)66-33-18-14-19-34-66)103-87-44-27-24-41-79(87)102-82-60-69(49-56-88(82)104(90-46-29-45-89(103)96(90)102)86-58-53-72(98(4,5)6)62-78(86)67-35-20-15-21-36-67)68-37-28-38-70(59-68)76-40-23-26-43-84(76)106-92-48-30-47-91-95(92)101(81-55-51-74(64-94(81)106)100(10,11)12)80-54-50-73(99(7,8)9)63-93(80)105(91)83-42-25-22-39-75(83)65-31-16-13-17-32-65/h13-64H,1-12H3. The van der Waals surface area contributed by atoms with E-state index in [1.165, 1.54) is 134 Å². The number of benzene rings is 14. The lowest BCUT2D eigenvalue weighted by Gasteiger charge is -2.45. The Morgan fingerprint density at radius 1 is 0.179 bits per heavy atom. The third kappa shape index (κ3) is 11.0. The summed E-state index contributed by atoms with van der Waals surface area (Å²) in [6, 6.07) is 120. The molecule has 0 aromatic heterocycles. The van der Waals surface area contributed by atoms with Gasteiger partial charge in [-0.2, -0.15) is 0 Å². The highest BCUT2D eigenvalue weighted by Gasteiger charge is 2.47. The fourth-order valence-electron chi connectivity index (χ4n) is 17.4. The maximum absolute atomic E-state index is 2.61. The van der Waals surface area contributed by atoms with Crippen molar-refractivity contribution in [1.29, 1.82) is 0 Å². The molecule has 0 saturated carbocycles. The van der Waals surface area contributed by atoms with Gasteiger partial charge in [-0.05, 0) is 201 Å². The number of fused-ring (bicyclic) bond motifs is 8. The minimum Gasteiger partial charge on any atom is -0.311 e. The maximum atomic E-state index is 2.61. The smallest absolute Gasteiger partial charge is 0.252 e. The van der Waals surface area contributed by atoms with Gasteiger partial charge in [0, 0.05) is 67.8 Å². The minimum atomic E-state index is -0.110. The van der Waals surface area contributed by atoms with E-state index in [1.54, 1.807) is 0 Å². The zero-order valence-electron chi connectivity index (χ0n) is 63.0. The lowest BCUT2D eigenvalue weighted by molar-refractivity contribution is 0.590. The monoisotopic (exact) mass is 1370 g/mol. The van der Waals surface area contributed by atoms with Crippen LogP contribution in [0.5, 0.6) is 0 Å². The van der Waals surface area contributed by atoms with Crippen LogP contribution in [0.3, 0.4) is 0 Å². The molecule has 0 saturated heterocycles. The van der Waals surface area contributed by atoms with E-state index in [0.29, 0.717) is 0 Å². The molecule has 0 spiro atoms. The molecular formula is C100H88B2N4. The van der Waals surface area contributed by atoms with Crippen molar-refractivity contribution >= 4 is 114 Å². The Labute approximate surface area is 628 Å². The van der Waals surface area contributed by atoms with Gasteiger partial charge in [0.1, 0.15) is 0 Å². The Hall–Kier alpha value is -11.6. The average molecular weight is 1370 g/mol. The number of para-hydroxylation sites is 3. The lowest BCUT2D eigenvalue weighted by Crippen LogP contribution is -2.61. The van der Waals surface area contributed by atoms with Crippen LogP contribution in [0.1, 0.15) is 105 Å². The average Bonchev–Trinajstić information content (AvgIpc) is 0.705. The quantitative estimate of drug-likeness (QED) is 0.134. The molecule has 0 radical (unpaired) electrons. The molecule has 6 heteroatoms. The topological polar surface area (TPSA) is 13.0 Å². The third-order valence-electron chi connectivity index (χ3n) is 22.9. The summed E-state index contributed by atoms with van der Waals surface area (Å²) in [5, 5.41) is 0. The van der Waals surface area contributed by atoms with E-state index < -0.39 is 0 Å². The Morgan fingerprint density at radius 2 is 0.472 bits per heavy atom. The van der Waals surface area contributed by atoms with Gasteiger partial charge in [0.2, 0.25) is 0 Å². The van der Waals surface area contributed by atoms with Gasteiger partial charge in [-0.1, -0.05) is 308 Å². The fraction of sp³-hybridized carbons (Fsp3) is 0.160. The second-order valence-electron chi connectivity index (χ2n) is 33.7. The molecule has 514 valence electrons. The van der Waals surface area contributed by atoms with Crippen molar-refractivity contribution in [3.8, 4) is 55.6 Å². The van der Waals surface area contributed by atoms with E-state index in [4.69, 9.17) is 0 Å². The summed E-state index contributed by atoms with van der Waals surface area (Å²) in [5.74, 6) is 0. The van der Waals surface area contributed by atoms with Gasteiger partial charge in [-0.15, -0.1) is 0 Å². The van der Waals surface area contributed by atoms with Crippen LogP contribution in [-0.4, -0.2) is 13.4 Å². The highest BCUT2D eigenvalue weighted by Crippen LogP contribution is 2.53. The van der Waals surface area contributed by atoms with Gasteiger partial charge in [0.25, 0.3) is 13.4 Å². The normalized spacial score (nSPS) is 13.5. The molecule has 14 aromatic rings. The molecule has 4 heterocycles. The second-order valence-corrected chi connectivity index (χ2v) is 33.7. The molecular weight excluding hydrogens is 1280 g/mol. The molecule has 106 heavy (non-hydrogen) atoms. The van der Waals surface area contributed by atoms with Crippen molar-refractivity contribution in [2.24, 2.45) is 0 Å². The first-order valence-electron chi connectivity index (χ1n) is 37.9. The van der Waals surface area contributed by atoms with Crippen molar-refractivity contribution < 1.29 is 0 Å². The zero-order valence-corrected chi connectivity index (χ0v) is 63.0. The van der Waals surface area contributed by atoms with E-state index in [-0.39, 0.29) is 35.1 Å². The lowest BCUT2D eigenvalue weighted by atomic mass is 9.33. The van der Waals surface area contributed by atoms with Crippen LogP contribution < -0.4 is 52.4 Å². The summed E-state index contributed by atoms with van der Waals surface area (Å²) < 4.78 is 0. The molecule has 0 amide bonds. The second kappa shape index (κ2) is 25.1. The molecule has 0 bridgehead atoms. The molecule has 18 rings (SSSR count). The van der Waals surface area contributed by atoms with E-state index in [9.17, 15) is 0 Å². The summed E-state index contributed by atoms with van der Waals surface area (Å²) in [4.78, 5) is 10.4. The third-order valence-corrected chi connectivity index (χ3v) is 22.9. The Balaban J connectivity index is 0.827. The van der Waals surface area contributed by atoms with Crippen molar-refractivity contribution in [3.63, 3.8) is 0 Å². The highest BCUT2D eigenvalue weighted by atomic mass is 15.2. The molecule has 14 aromatic carbocycles. The van der Waals surface area contributed by atoms with E-state index >= 15 is 0 Å². The first-order valence-corrected chi connectivity index (χ1v) is 37.9. The van der Waals surface area contributed by atoms with Gasteiger partial charge in [0.05, 0.1) is 22.7 Å². The highest BCUT2D eigenvalue weighted by molar-refractivity contribution is 7.01. The fourth-order valence-corrected chi connectivity index (χ4v) is 17.4. The predicted molar refractivity (Wildman–Crippen MR) is 456 cm³/mol. The van der Waals surface area contributed by atoms with Gasteiger partial charge in [-0.3, -0.25) is 0 Å². The summed E-state index contributed by atoms with van der Waals surface area (Å²) >= 11 is 0. The van der Waals surface area contributed by atoms with Crippen LogP contribution in [0.25, 0.3) is 55.6 Å². The van der Waals surface area contributed by atoms with Crippen molar-refractivity contribution in [2.45, 2.75) is 105 Å². The van der Waals surface area contributed by atoms with Gasteiger partial charge in [0.15, 0.2) is 0 Å². The molecule has 0 unspecified atom stereocenters. The Bertz CT molecular complexity index is 5800. The van der Waals surface area contributed by atoms with Crippen molar-refractivity contribution in [2.75, 3.05) is 19.6 Å². The minimum absolute atomic E-state index is 0.0344. The Morgan fingerprint density at radius 3 is 0.934 bits per heavy atom. The molecule has 4 aliphatic rings. The summed E-state index contributed by atoms with van der Waals surface area (Å²) in [6.07, 6.45) is 0. The van der Waals surface area contributed by atoms with Crippen LogP contribution in [0, 0.1) is 0 Å². The van der Waals surface area contributed by atoms with E-state index in [0.717, 1.165) is 45.0 Å². The first kappa shape index (κ1) is 66.4. The zero-order chi connectivity index (χ0) is 72.7. The SMILES string of the molecule is CC(C)(C)c1ccc(N2c3ccccc3B3c4cc(-c5cccc(-c6ccccc6N6c7cc(C(C)(C)C)ccc7B7c8ccc(C(C)(C)C)cc8N(c8ccccc8-c8ccccc8)c8cccc6c87)c5)ccc4N(c4ccc(C(C)(C)C)cc4-c4ccccc4)c4cccc2c43)c(-c2ccccc2)c1. The van der Waals surface area contributed by atoms with Crippen LogP contribution >= 0.6 is 0 Å². The van der Waals surface area contributed by atoms with Crippen LogP contribution in [0.15, 0.2) is 315 Å². The number of anilines is 12. The number of hydrogen-bond donors (Lipinski definition) is 0. The molecule has 4 aliphatic heterocycles. The number of hydrogen-bond acceptors (Lipinski definition) is 4. The predicted octanol–water partition coefficient (Wildman–Crippen LogP) is 23.4. The largest absolute Gasteiger partial charge is 0.311 e. The van der Waals surface area contributed by atoms with Gasteiger partial charge >= 0.3 is 0 Å². The number of rotatable bonds is 9. The maximum Gasteiger partial charge on any atom is 0.252 e. The summed E-state index contributed by atoms with van der Waals surface area (Å²) in [7, 11) is 0. The van der Waals surface area contributed by atoms with Gasteiger partial charge < -0.3 is 19.6 Å². The van der Waals surface area contributed by atoms with Crippen LogP contribution in [0.2, 0.25) is 0 Å². The van der Waals surface area contributed by atoms with E-state index in [1.807, 2.05) is 0 Å². The molecule has 0 aliphatic carbocycles. The van der Waals surface area contributed by atoms with Crippen LogP contribution in [-0.2, 0) is 21.7 Å². The van der Waals surface area contributed by atoms with Crippen LogP contribution in [0.4, 0.5) is 68.2 Å². The van der Waals surface area contributed by atoms with Crippen molar-refractivity contribution in [1.82, 2.24) is 0 Å². The Kier molecular flexibility index (Phi) is 15.7. The first-order chi connectivity index (χ1) is 51.2. The van der Waals surface area contributed by atoms with Gasteiger partial charge in [-0.25, -0.2) is 0 Å². The van der Waals surface area contributed by atoms with Crippen molar-refractivity contribution in [3.05, 3.63) is 338 Å².